The number of carbonyl (C=O) groups is 1. The quantitative estimate of drug-likeness (QED) is 0.697. The minimum Gasteiger partial charge on any atom is -0.339 e. The molecule has 0 aliphatic carbocycles. The summed E-state index contributed by atoms with van der Waals surface area (Å²) in [6.07, 6.45) is 3.34. The van der Waals surface area contributed by atoms with Crippen molar-refractivity contribution < 1.29 is 13.2 Å². The summed E-state index contributed by atoms with van der Waals surface area (Å²) < 4.78 is 29.2. The molecular weight excluding hydrogens is 448 g/mol. The fourth-order valence-electron chi connectivity index (χ4n) is 3.34. The Morgan fingerprint density at radius 2 is 2.00 bits per heavy atom. The van der Waals surface area contributed by atoms with Gasteiger partial charge in [-0.1, -0.05) is 30.3 Å². The van der Waals surface area contributed by atoms with Crippen molar-refractivity contribution in [3.8, 4) is 0 Å². The molecule has 0 spiro atoms. The Morgan fingerprint density at radius 3 is 2.63 bits per heavy atom. The van der Waals surface area contributed by atoms with E-state index in [4.69, 9.17) is 0 Å². The summed E-state index contributed by atoms with van der Waals surface area (Å²) >= 11 is 4.43. The number of rotatable bonds is 6. The highest BCUT2D eigenvalue weighted by atomic mass is 79.9. The van der Waals surface area contributed by atoms with Crippen LogP contribution in [-0.2, 0) is 21.2 Å². The highest BCUT2D eigenvalue weighted by Gasteiger charge is 2.33. The van der Waals surface area contributed by atoms with Gasteiger partial charge in [-0.2, -0.15) is 4.72 Å². The minimum absolute atomic E-state index is 0.130. The first kappa shape index (κ1) is 20.5. The van der Waals surface area contributed by atoms with E-state index in [1.54, 1.807) is 12.1 Å². The highest BCUT2D eigenvalue weighted by molar-refractivity contribution is 9.11. The number of benzene rings is 1. The SMILES string of the molecule is CC1CCCCN1C(=O)C(Cc1ccccc1)NS(=O)(=O)c1ccc(Br)s1. The summed E-state index contributed by atoms with van der Waals surface area (Å²) in [7, 11) is -3.77. The molecule has 27 heavy (non-hydrogen) atoms. The van der Waals surface area contributed by atoms with Crippen LogP contribution in [0.1, 0.15) is 31.7 Å². The number of hydrogen-bond donors (Lipinski definition) is 1. The first-order chi connectivity index (χ1) is 12.9. The van der Waals surface area contributed by atoms with Crippen LogP contribution >= 0.6 is 27.3 Å². The topological polar surface area (TPSA) is 66.5 Å². The van der Waals surface area contributed by atoms with Crippen molar-refractivity contribution in [1.29, 1.82) is 0 Å². The summed E-state index contributed by atoms with van der Waals surface area (Å²) in [5.41, 5.74) is 0.926. The molecule has 3 rings (SSSR count). The van der Waals surface area contributed by atoms with Gasteiger partial charge in [-0.3, -0.25) is 4.79 Å². The molecule has 0 bridgehead atoms. The van der Waals surface area contributed by atoms with Gasteiger partial charge < -0.3 is 4.90 Å². The fraction of sp³-hybridized carbons (Fsp3) is 0.421. The zero-order chi connectivity index (χ0) is 19.4. The Bertz CT molecular complexity index is 883. The molecular formula is C19H23BrN2O3S2. The lowest BCUT2D eigenvalue weighted by molar-refractivity contribution is -0.136. The summed E-state index contributed by atoms with van der Waals surface area (Å²) in [5.74, 6) is -0.148. The van der Waals surface area contributed by atoms with Crippen LogP contribution in [0, 0.1) is 0 Å². The maximum Gasteiger partial charge on any atom is 0.250 e. The van der Waals surface area contributed by atoms with E-state index in [0.717, 1.165) is 39.9 Å². The van der Waals surface area contributed by atoms with Crippen LogP contribution in [0.2, 0.25) is 0 Å². The van der Waals surface area contributed by atoms with Gasteiger partial charge in [0.1, 0.15) is 10.3 Å². The zero-order valence-electron chi connectivity index (χ0n) is 15.1. The first-order valence-corrected chi connectivity index (χ1v) is 12.1. The standard InChI is InChI=1S/C19H23BrN2O3S2/c1-14-7-5-6-12-22(14)19(23)16(13-15-8-3-2-4-9-15)21-27(24,25)18-11-10-17(20)26-18/h2-4,8-11,14,16,21H,5-7,12-13H2,1H3. The van der Waals surface area contributed by atoms with Gasteiger partial charge in [0.05, 0.1) is 3.79 Å². The molecule has 1 N–H and O–H groups in total. The molecule has 1 amide bonds. The van der Waals surface area contributed by atoms with E-state index in [2.05, 4.69) is 20.7 Å². The number of thiophene rings is 1. The second-order valence-corrected chi connectivity index (χ2v) is 11.2. The van der Waals surface area contributed by atoms with Crippen LogP contribution in [-0.4, -0.2) is 37.9 Å². The predicted octanol–water partition coefficient (Wildman–Crippen LogP) is 3.80. The number of amides is 1. The van der Waals surface area contributed by atoms with Gasteiger partial charge in [0.25, 0.3) is 10.0 Å². The number of halogens is 1. The number of hydrogen-bond acceptors (Lipinski definition) is 4. The van der Waals surface area contributed by atoms with Crippen LogP contribution in [0.25, 0.3) is 0 Å². The smallest absolute Gasteiger partial charge is 0.250 e. The van der Waals surface area contributed by atoms with E-state index in [1.807, 2.05) is 42.2 Å². The molecule has 2 aromatic rings. The summed E-state index contributed by atoms with van der Waals surface area (Å²) in [5, 5.41) is 0. The normalized spacial score (nSPS) is 19.0. The van der Waals surface area contributed by atoms with Gasteiger partial charge in [0, 0.05) is 12.6 Å². The van der Waals surface area contributed by atoms with Crippen molar-refractivity contribution in [2.45, 2.75) is 48.9 Å². The number of likely N-dealkylation sites (tertiary alicyclic amines) is 1. The molecule has 0 saturated carbocycles. The van der Waals surface area contributed by atoms with Crippen LogP contribution in [0.15, 0.2) is 50.5 Å². The van der Waals surface area contributed by atoms with Gasteiger partial charge in [-0.05, 0) is 66.2 Å². The molecule has 1 aliphatic rings. The summed E-state index contributed by atoms with van der Waals surface area (Å²) in [4.78, 5) is 15.0. The van der Waals surface area contributed by atoms with E-state index in [0.29, 0.717) is 13.0 Å². The second kappa shape index (κ2) is 8.86. The third-order valence-corrected chi connectivity index (χ3v) is 8.36. The molecule has 1 aromatic carbocycles. The number of sulfonamides is 1. The lowest BCUT2D eigenvalue weighted by Gasteiger charge is -2.36. The highest BCUT2D eigenvalue weighted by Crippen LogP contribution is 2.26. The maximum atomic E-state index is 13.2. The molecule has 1 aromatic heterocycles. The van der Waals surface area contributed by atoms with Crippen LogP contribution in [0.4, 0.5) is 0 Å². The lowest BCUT2D eigenvalue weighted by Crippen LogP contribution is -2.53. The second-order valence-electron chi connectivity index (χ2n) is 6.80. The molecule has 2 unspecified atom stereocenters. The lowest BCUT2D eigenvalue weighted by atomic mass is 10.0. The van der Waals surface area contributed by atoms with Crippen LogP contribution in [0.5, 0.6) is 0 Å². The average Bonchev–Trinajstić information content (AvgIpc) is 3.09. The largest absolute Gasteiger partial charge is 0.339 e. The Morgan fingerprint density at radius 1 is 1.26 bits per heavy atom. The van der Waals surface area contributed by atoms with Crippen molar-refractivity contribution in [3.05, 3.63) is 51.8 Å². The Labute approximate surface area is 173 Å². The number of nitrogens with zero attached hydrogens (tertiary/aromatic N) is 1. The molecule has 1 fully saturated rings. The zero-order valence-corrected chi connectivity index (χ0v) is 18.3. The molecule has 1 aliphatic heterocycles. The molecule has 146 valence electrons. The predicted molar refractivity (Wildman–Crippen MR) is 111 cm³/mol. The average molecular weight is 471 g/mol. The van der Waals surface area contributed by atoms with Crippen molar-refractivity contribution in [2.75, 3.05) is 6.54 Å². The monoisotopic (exact) mass is 470 g/mol. The number of piperidine rings is 1. The maximum absolute atomic E-state index is 13.2. The summed E-state index contributed by atoms with van der Waals surface area (Å²) in [6, 6.07) is 12.1. The van der Waals surface area contributed by atoms with Crippen LogP contribution < -0.4 is 4.72 Å². The number of nitrogens with one attached hydrogen (secondary N) is 1. The summed E-state index contributed by atoms with van der Waals surface area (Å²) in [6.45, 7) is 2.71. The van der Waals surface area contributed by atoms with Crippen molar-refractivity contribution >= 4 is 43.2 Å². The van der Waals surface area contributed by atoms with Gasteiger partial charge in [-0.15, -0.1) is 11.3 Å². The van der Waals surface area contributed by atoms with Crippen molar-refractivity contribution in [3.63, 3.8) is 0 Å². The molecule has 5 nitrogen and oxygen atoms in total. The molecule has 2 heterocycles. The van der Waals surface area contributed by atoms with Crippen LogP contribution in [0.3, 0.4) is 0 Å². The minimum atomic E-state index is -3.77. The van der Waals surface area contributed by atoms with Gasteiger partial charge >= 0.3 is 0 Å². The van der Waals surface area contributed by atoms with E-state index < -0.39 is 16.1 Å². The first-order valence-electron chi connectivity index (χ1n) is 8.99. The van der Waals surface area contributed by atoms with Crippen molar-refractivity contribution in [1.82, 2.24) is 9.62 Å². The Balaban J connectivity index is 1.86. The van der Waals surface area contributed by atoms with E-state index in [-0.39, 0.29) is 16.2 Å². The van der Waals surface area contributed by atoms with Gasteiger partial charge in [0.15, 0.2) is 0 Å². The third-order valence-electron chi connectivity index (χ3n) is 4.78. The fourth-order valence-corrected chi connectivity index (χ4v) is 6.56. The van der Waals surface area contributed by atoms with E-state index in [1.165, 1.54) is 0 Å². The molecule has 2 atom stereocenters. The Kier molecular flexibility index (Phi) is 6.73. The number of carbonyl (C=O) groups excluding carboxylic acids is 1. The van der Waals surface area contributed by atoms with E-state index in [9.17, 15) is 13.2 Å². The van der Waals surface area contributed by atoms with Gasteiger partial charge in [-0.25, -0.2) is 8.42 Å². The van der Waals surface area contributed by atoms with Crippen molar-refractivity contribution in [2.24, 2.45) is 0 Å². The molecule has 1 saturated heterocycles. The Hall–Kier alpha value is -1.22. The third kappa shape index (κ3) is 5.19. The molecule has 0 radical (unpaired) electrons. The molecule has 8 heteroatoms. The van der Waals surface area contributed by atoms with Gasteiger partial charge in [0.2, 0.25) is 5.91 Å². The van der Waals surface area contributed by atoms with E-state index >= 15 is 0 Å².